The molecule has 2 aromatic heterocycles. The van der Waals surface area contributed by atoms with Gasteiger partial charge in [0.05, 0.1) is 17.7 Å². The molecule has 152 valence electrons. The van der Waals surface area contributed by atoms with Crippen LogP contribution in [-0.2, 0) is 17.4 Å². The SMILES string of the molecule is O=C(Cc1ccc(F)cc1)Nc1nc2ccccn2c1-c1ccc(C(F)(F)F)cc1. The highest BCUT2D eigenvalue weighted by Crippen LogP contribution is 2.33. The van der Waals surface area contributed by atoms with Crippen molar-refractivity contribution in [3.05, 3.63) is 89.9 Å². The molecule has 0 aliphatic heterocycles. The van der Waals surface area contributed by atoms with Gasteiger partial charge in [0, 0.05) is 11.8 Å². The zero-order chi connectivity index (χ0) is 21.3. The molecule has 1 N–H and O–H groups in total. The number of amides is 1. The standard InChI is InChI=1S/C22H15F4N3O/c23-17-10-4-14(5-11-17)13-19(30)28-21-20(29-12-2-1-3-18(29)27-21)15-6-8-16(9-7-15)22(24,25)26/h1-12H,13H2,(H,28,30). The van der Waals surface area contributed by atoms with Gasteiger partial charge in [0.15, 0.2) is 5.82 Å². The Morgan fingerprint density at radius 3 is 2.33 bits per heavy atom. The van der Waals surface area contributed by atoms with E-state index in [2.05, 4.69) is 10.3 Å². The third-order valence-electron chi connectivity index (χ3n) is 4.55. The van der Waals surface area contributed by atoms with Crippen molar-refractivity contribution in [2.45, 2.75) is 12.6 Å². The van der Waals surface area contributed by atoms with E-state index in [-0.39, 0.29) is 18.1 Å². The van der Waals surface area contributed by atoms with Crippen LogP contribution in [0.2, 0.25) is 0 Å². The van der Waals surface area contributed by atoms with Crippen molar-refractivity contribution < 1.29 is 22.4 Å². The van der Waals surface area contributed by atoms with Crippen molar-refractivity contribution in [3.8, 4) is 11.3 Å². The number of nitrogens with zero attached hydrogens (tertiary/aromatic N) is 2. The molecule has 8 heteroatoms. The Labute approximate surface area is 168 Å². The molecule has 0 atom stereocenters. The molecule has 0 saturated carbocycles. The third kappa shape index (κ3) is 4.03. The summed E-state index contributed by atoms with van der Waals surface area (Å²) in [6.45, 7) is 0. The van der Waals surface area contributed by atoms with Gasteiger partial charge in [-0.25, -0.2) is 9.37 Å². The van der Waals surface area contributed by atoms with Gasteiger partial charge < -0.3 is 5.32 Å². The summed E-state index contributed by atoms with van der Waals surface area (Å²) < 4.78 is 53.4. The number of imidazole rings is 1. The van der Waals surface area contributed by atoms with Crippen molar-refractivity contribution in [2.24, 2.45) is 0 Å². The summed E-state index contributed by atoms with van der Waals surface area (Å²) in [6, 6.07) is 15.5. The number of nitrogens with one attached hydrogen (secondary N) is 1. The highest BCUT2D eigenvalue weighted by Gasteiger charge is 2.30. The van der Waals surface area contributed by atoms with Crippen LogP contribution >= 0.6 is 0 Å². The minimum atomic E-state index is -4.44. The number of pyridine rings is 1. The number of anilines is 1. The number of benzene rings is 2. The molecule has 2 aromatic carbocycles. The largest absolute Gasteiger partial charge is 0.416 e. The van der Waals surface area contributed by atoms with Gasteiger partial charge in [-0.1, -0.05) is 30.3 Å². The molecule has 4 rings (SSSR count). The lowest BCUT2D eigenvalue weighted by Gasteiger charge is -2.10. The average Bonchev–Trinajstić information content (AvgIpc) is 3.06. The molecule has 1 amide bonds. The molecule has 0 bridgehead atoms. The van der Waals surface area contributed by atoms with Crippen molar-refractivity contribution in [3.63, 3.8) is 0 Å². The Morgan fingerprint density at radius 1 is 0.967 bits per heavy atom. The van der Waals surface area contributed by atoms with Crippen LogP contribution in [0.15, 0.2) is 72.9 Å². The zero-order valence-electron chi connectivity index (χ0n) is 15.4. The van der Waals surface area contributed by atoms with Crippen molar-refractivity contribution in [2.75, 3.05) is 5.32 Å². The molecule has 0 fully saturated rings. The maximum atomic E-state index is 13.0. The van der Waals surface area contributed by atoms with E-state index in [1.54, 1.807) is 28.8 Å². The van der Waals surface area contributed by atoms with Crippen molar-refractivity contribution in [1.82, 2.24) is 9.38 Å². The minimum absolute atomic E-state index is 0.000599. The second kappa shape index (κ2) is 7.62. The molecular weight excluding hydrogens is 398 g/mol. The highest BCUT2D eigenvalue weighted by molar-refractivity contribution is 5.95. The predicted octanol–water partition coefficient (Wildman–Crippen LogP) is 5.34. The number of fused-ring (bicyclic) bond motifs is 1. The lowest BCUT2D eigenvalue weighted by Crippen LogP contribution is -2.15. The van der Waals surface area contributed by atoms with Gasteiger partial charge >= 0.3 is 6.18 Å². The van der Waals surface area contributed by atoms with Crippen molar-refractivity contribution in [1.29, 1.82) is 0 Å². The van der Waals surface area contributed by atoms with Gasteiger partial charge in [-0.3, -0.25) is 9.20 Å². The molecule has 0 spiro atoms. The topological polar surface area (TPSA) is 46.4 Å². The quantitative estimate of drug-likeness (QED) is 0.459. The van der Waals surface area contributed by atoms with Gasteiger partial charge in [-0.15, -0.1) is 0 Å². The van der Waals surface area contributed by atoms with Crippen LogP contribution in [-0.4, -0.2) is 15.3 Å². The van der Waals surface area contributed by atoms with Gasteiger partial charge in [0.25, 0.3) is 0 Å². The Bertz CT molecular complexity index is 1200. The number of aromatic nitrogens is 2. The lowest BCUT2D eigenvalue weighted by atomic mass is 10.1. The van der Waals surface area contributed by atoms with E-state index in [9.17, 15) is 22.4 Å². The van der Waals surface area contributed by atoms with Crippen LogP contribution in [0.5, 0.6) is 0 Å². The monoisotopic (exact) mass is 413 g/mol. The van der Waals surface area contributed by atoms with Crippen LogP contribution in [0, 0.1) is 5.82 Å². The smallest absolute Gasteiger partial charge is 0.309 e. The van der Waals surface area contributed by atoms with E-state index in [0.29, 0.717) is 22.5 Å². The Kier molecular flexibility index (Phi) is 4.99. The number of carbonyl (C=O) groups excluding carboxylic acids is 1. The summed E-state index contributed by atoms with van der Waals surface area (Å²) in [5, 5.41) is 2.72. The average molecular weight is 413 g/mol. The first kappa shape index (κ1) is 19.6. The van der Waals surface area contributed by atoms with Gasteiger partial charge in [0.2, 0.25) is 5.91 Å². The molecule has 0 aliphatic rings. The van der Waals surface area contributed by atoms with E-state index >= 15 is 0 Å². The Hall–Kier alpha value is -3.68. The molecule has 0 unspecified atom stereocenters. The normalized spacial score (nSPS) is 11.6. The van der Waals surface area contributed by atoms with E-state index in [1.165, 1.54) is 36.4 Å². The van der Waals surface area contributed by atoms with Crippen LogP contribution in [0.4, 0.5) is 23.4 Å². The Morgan fingerprint density at radius 2 is 1.67 bits per heavy atom. The second-order valence-electron chi connectivity index (χ2n) is 6.66. The van der Waals surface area contributed by atoms with Gasteiger partial charge in [0.1, 0.15) is 11.5 Å². The molecule has 2 heterocycles. The number of hydrogen-bond donors (Lipinski definition) is 1. The van der Waals surface area contributed by atoms with E-state index < -0.39 is 17.6 Å². The van der Waals surface area contributed by atoms with Crippen molar-refractivity contribution >= 4 is 17.4 Å². The predicted molar refractivity (Wildman–Crippen MR) is 104 cm³/mol. The van der Waals surface area contributed by atoms with Crippen LogP contribution in [0.3, 0.4) is 0 Å². The molecular formula is C22H15F4N3O. The first-order chi connectivity index (χ1) is 14.3. The summed E-state index contributed by atoms with van der Waals surface area (Å²) in [5.74, 6) is -0.546. The molecule has 0 saturated heterocycles. The highest BCUT2D eigenvalue weighted by atomic mass is 19.4. The van der Waals surface area contributed by atoms with E-state index in [0.717, 1.165) is 12.1 Å². The molecule has 0 radical (unpaired) electrons. The number of carbonyl (C=O) groups is 1. The van der Waals surface area contributed by atoms with Gasteiger partial charge in [-0.2, -0.15) is 13.2 Å². The van der Waals surface area contributed by atoms with E-state index in [1.807, 2.05) is 0 Å². The number of alkyl halides is 3. The number of halogens is 4. The molecule has 4 nitrogen and oxygen atoms in total. The van der Waals surface area contributed by atoms with Crippen LogP contribution in [0.1, 0.15) is 11.1 Å². The maximum Gasteiger partial charge on any atom is 0.416 e. The maximum absolute atomic E-state index is 13.0. The summed E-state index contributed by atoms with van der Waals surface area (Å²) in [7, 11) is 0. The summed E-state index contributed by atoms with van der Waals surface area (Å²) in [4.78, 5) is 16.9. The molecule has 0 aliphatic carbocycles. The summed E-state index contributed by atoms with van der Waals surface area (Å²) >= 11 is 0. The fourth-order valence-electron chi connectivity index (χ4n) is 3.14. The lowest BCUT2D eigenvalue weighted by molar-refractivity contribution is -0.137. The third-order valence-corrected chi connectivity index (χ3v) is 4.55. The second-order valence-corrected chi connectivity index (χ2v) is 6.66. The number of hydrogen-bond acceptors (Lipinski definition) is 2. The summed E-state index contributed by atoms with van der Waals surface area (Å²) in [6.07, 6.45) is -2.73. The first-order valence-electron chi connectivity index (χ1n) is 9.00. The van der Waals surface area contributed by atoms with E-state index in [4.69, 9.17) is 0 Å². The van der Waals surface area contributed by atoms with Crippen LogP contribution < -0.4 is 5.32 Å². The zero-order valence-corrected chi connectivity index (χ0v) is 15.4. The Balaban J connectivity index is 1.68. The molecule has 30 heavy (non-hydrogen) atoms. The minimum Gasteiger partial charge on any atom is -0.309 e. The molecule has 4 aromatic rings. The summed E-state index contributed by atoms with van der Waals surface area (Å²) in [5.41, 5.74) is 1.32. The van der Waals surface area contributed by atoms with Crippen LogP contribution in [0.25, 0.3) is 16.9 Å². The first-order valence-corrected chi connectivity index (χ1v) is 9.00. The fourth-order valence-corrected chi connectivity index (χ4v) is 3.14. The number of rotatable bonds is 4. The van der Waals surface area contributed by atoms with Gasteiger partial charge in [-0.05, 0) is 42.0 Å². The fraction of sp³-hybridized carbons (Fsp3) is 0.0909.